The number of hydrogen-bond acceptors (Lipinski definition) is 6. The summed E-state index contributed by atoms with van der Waals surface area (Å²) in [6.07, 6.45) is 4.07. The maximum atomic E-state index is 13.6. The van der Waals surface area contributed by atoms with Crippen molar-refractivity contribution in [2.24, 2.45) is 0 Å². The van der Waals surface area contributed by atoms with Crippen LogP contribution in [0.2, 0.25) is 5.02 Å². The number of likely N-dealkylation sites (N-methyl/N-ethyl adjacent to an activating group) is 1. The zero-order valence-corrected chi connectivity index (χ0v) is 19.6. The summed E-state index contributed by atoms with van der Waals surface area (Å²) in [7, 11) is 2.16. The zero-order chi connectivity index (χ0) is 23.2. The van der Waals surface area contributed by atoms with Crippen molar-refractivity contribution in [3.05, 3.63) is 65.2 Å². The number of piperazine rings is 1. The molecule has 1 amide bonds. The van der Waals surface area contributed by atoms with Crippen molar-refractivity contribution in [3.63, 3.8) is 0 Å². The summed E-state index contributed by atoms with van der Waals surface area (Å²) in [6, 6.07) is 12.1. The molecule has 1 aromatic carbocycles. The molecule has 0 radical (unpaired) electrons. The number of amides is 1. The van der Waals surface area contributed by atoms with E-state index >= 15 is 0 Å². The van der Waals surface area contributed by atoms with Crippen LogP contribution >= 0.6 is 11.6 Å². The van der Waals surface area contributed by atoms with Crippen molar-refractivity contribution in [2.75, 3.05) is 43.0 Å². The van der Waals surface area contributed by atoms with Gasteiger partial charge >= 0.3 is 0 Å². The van der Waals surface area contributed by atoms with Crippen LogP contribution in [0.25, 0.3) is 0 Å². The van der Waals surface area contributed by atoms with Crippen LogP contribution in [0.1, 0.15) is 30.5 Å². The first kappa shape index (κ1) is 21.9. The van der Waals surface area contributed by atoms with E-state index in [4.69, 9.17) is 16.9 Å². The fraction of sp³-hybridized carbons (Fsp3) is 0.400. The van der Waals surface area contributed by atoms with Gasteiger partial charge in [-0.2, -0.15) is 5.26 Å². The van der Waals surface area contributed by atoms with Crippen LogP contribution in [0.3, 0.4) is 0 Å². The third kappa shape index (κ3) is 3.68. The van der Waals surface area contributed by atoms with Crippen LogP contribution in [-0.2, 0) is 11.3 Å². The molecule has 0 bridgehead atoms. The number of carbonyl (C=O) groups is 1. The molecule has 33 heavy (non-hydrogen) atoms. The zero-order valence-electron chi connectivity index (χ0n) is 18.8. The van der Waals surface area contributed by atoms with Gasteiger partial charge in [-0.1, -0.05) is 30.3 Å². The quantitative estimate of drug-likeness (QED) is 0.691. The number of nitriles is 1. The van der Waals surface area contributed by atoms with E-state index in [9.17, 15) is 4.79 Å². The van der Waals surface area contributed by atoms with Crippen molar-refractivity contribution >= 4 is 28.9 Å². The lowest BCUT2D eigenvalue weighted by atomic mass is 9.75. The Hall–Kier alpha value is -2.92. The Balaban J connectivity index is 1.40. The first-order chi connectivity index (χ1) is 15.9. The molecule has 1 spiro atoms. The minimum atomic E-state index is -0.615. The van der Waals surface area contributed by atoms with Crippen LogP contribution in [-0.4, -0.2) is 59.5 Å². The number of pyridine rings is 1. The van der Waals surface area contributed by atoms with Crippen LogP contribution in [0.4, 0.5) is 11.4 Å². The SMILES string of the molecule is C=C1N(c2cnc(C#N)c(Cl)c2)C(=O)C2(CCC2)N1c1ccc(CN2CCN(C)CC2)cc1. The monoisotopic (exact) mass is 462 g/mol. The number of carbonyl (C=O) groups excluding carboxylic acids is 1. The van der Waals surface area contributed by atoms with E-state index in [0.717, 1.165) is 57.7 Å². The van der Waals surface area contributed by atoms with Crippen molar-refractivity contribution < 1.29 is 4.79 Å². The van der Waals surface area contributed by atoms with Gasteiger partial charge in [-0.3, -0.25) is 14.6 Å². The molecule has 1 saturated carbocycles. The number of halogens is 1. The average Bonchev–Trinajstić information content (AvgIpc) is 3.02. The molecule has 1 aliphatic carbocycles. The summed E-state index contributed by atoms with van der Waals surface area (Å²) >= 11 is 6.21. The lowest BCUT2D eigenvalue weighted by Gasteiger charge is -2.43. The van der Waals surface area contributed by atoms with Gasteiger partial charge in [0.25, 0.3) is 5.91 Å². The van der Waals surface area contributed by atoms with E-state index in [2.05, 4.69) is 57.6 Å². The van der Waals surface area contributed by atoms with E-state index in [-0.39, 0.29) is 16.6 Å². The Kier molecular flexibility index (Phi) is 5.61. The van der Waals surface area contributed by atoms with Gasteiger partial charge in [-0.25, -0.2) is 4.98 Å². The maximum Gasteiger partial charge on any atom is 0.259 e. The summed E-state index contributed by atoms with van der Waals surface area (Å²) in [6.45, 7) is 9.56. The van der Waals surface area contributed by atoms with E-state index < -0.39 is 5.54 Å². The minimum Gasteiger partial charge on any atom is -0.313 e. The van der Waals surface area contributed by atoms with Crippen molar-refractivity contribution in [1.82, 2.24) is 14.8 Å². The molecule has 3 fully saturated rings. The standard InChI is InChI=1S/C25H27ClN6O/c1-18-31(21-14-22(26)23(15-27)28-16-21)24(33)25(8-3-9-25)32(18)20-6-4-19(5-7-20)17-30-12-10-29(2)11-13-30/h4-7,14,16H,1,3,8-13,17H2,2H3. The lowest BCUT2D eigenvalue weighted by molar-refractivity contribution is -0.123. The van der Waals surface area contributed by atoms with E-state index in [1.807, 2.05) is 6.07 Å². The summed E-state index contributed by atoms with van der Waals surface area (Å²) in [4.78, 5) is 26.2. The van der Waals surface area contributed by atoms with Gasteiger partial charge in [0.15, 0.2) is 5.69 Å². The molecular formula is C25H27ClN6O. The highest BCUT2D eigenvalue weighted by Gasteiger charge is 2.58. The first-order valence-corrected chi connectivity index (χ1v) is 11.7. The van der Waals surface area contributed by atoms with Crippen molar-refractivity contribution in [1.29, 1.82) is 5.26 Å². The molecule has 3 aliphatic rings. The second-order valence-corrected chi connectivity index (χ2v) is 9.57. The summed E-state index contributed by atoms with van der Waals surface area (Å²) in [5.74, 6) is 0.580. The van der Waals surface area contributed by atoms with Crippen LogP contribution in [0.5, 0.6) is 0 Å². The van der Waals surface area contributed by atoms with E-state index in [1.54, 1.807) is 11.0 Å². The highest BCUT2D eigenvalue weighted by molar-refractivity contribution is 6.32. The number of aromatic nitrogens is 1. The number of hydrogen-bond donors (Lipinski definition) is 0. The van der Waals surface area contributed by atoms with Gasteiger partial charge in [-0.15, -0.1) is 0 Å². The molecular weight excluding hydrogens is 436 g/mol. The largest absolute Gasteiger partial charge is 0.313 e. The second kappa shape index (κ2) is 8.45. The van der Waals surface area contributed by atoms with Crippen LogP contribution in [0.15, 0.2) is 48.9 Å². The average molecular weight is 463 g/mol. The van der Waals surface area contributed by atoms with E-state index in [1.165, 1.54) is 11.8 Å². The smallest absolute Gasteiger partial charge is 0.259 e. The van der Waals surface area contributed by atoms with Gasteiger partial charge in [0, 0.05) is 38.4 Å². The van der Waals surface area contributed by atoms with Gasteiger partial charge < -0.3 is 9.80 Å². The van der Waals surface area contributed by atoms with E-state index in [0.29, 0.717) is 11.5 Å². The highest BCUT2D eigenvalue weighted by atomic mass is 35.5. The number of anilines is 2. The van der Waals surface area contributed by atoms with Gasteiger partial charge in [0.05, 0.1) is 16.9 Å². The third-order valence-corrected chi connectivity index (χ3v) is 7.40. The molecule has 170 valence electrons. The molecule has 5 rings (SSSR count). The normalized spacial score (nSPS) is 20.9. The van der Waals surface area contributed by atoms with Crippen molar-refractivity contribution in [2.45, 2.75) is 31.3 Å². The Bertz CT molecular complexity index is 1130. The third-order valence-electron chi connectivity index (χ3n) is 7.11. The molecule has 1 aromatic heterocycles. The Morgan fingerprint density at radius 2 is 1.85 bits per heavy atom. The summed E-state index contributed by atoms with van der Waals surface area (Å²) in [5, 5.41) is 9.36. The summed E-state index contributed by atoms with van der Waals surface area (Å²) < 4.78 is 0. The fourth-order valence-electron chi connectivity index (χ4n) is 5.03. The second-order valence-electron chi connectivity index (χ2n) is 9.16. The van der Waals surface area contributed by atoms with Gasteiger partial charge in [-0.05, 0) is 50.1 Å². The topological polar surface area (TPSA) is 66.7 Å². The number of benzene rings is 1. The predicted molar refractivity (Wildman–Crippen MR) is 129 cm³/mol. The van der Waals surface area contributed by atoms with Gasteiger partial charge in [0.1, 0.15) is 17.4 Å². The first-order valence-electron chi connectivity index (χ1n) is 11.3. The van der Waals surface area contributed by atoms with Gasteiger partial charge in [0.2, 0.25) is 0 Å². The molecule has 3 heterocycles. The van der Waals surface area contributed by atoms with Crippen LogP contribution in [0, 0.1) is 11.3 Å². The minimum absolute atomic E-state index is 0.0113. The molecule has 2 saturated heterocycles. The molecule has 8 heteroatoms. The predicted octanol–water partition coefficient (Wildman–Crippen LogP) is 3.60. The molecule has 0 N–H and O–H groups in total. The lowest BCUT2D eigenvalue weighted by Crippen LogP contribution is -2.54. The number of rotatable bonds is 4. The molecule has 7 nitrogen and oxygen atoms in total. The molecule has 2 aliphatic heterocycles. The maximum absolute atomic E-state index is 13.6. The summed E-state index contributed by atoms with van der Waals surface area (Å²) in [5.41, 5.74) is 2.29. The Morgan fingerprint density at radius 1 is 1.15 bits per heavy atom. The highest BCUT2D eigenvalue weighted by Crippen LogP contribution is 2.50. The molecule has 0 atom stereocenters. The number of nitrogens with zero attached hydrogens (tertiary/aromatic N) is 6. The van der Waals surface area contributed by atoms with Crippen molar-refractivity contribution in [3.8, 4) is 6.07 Å². The van der Waals surface area contributed by atoms with Crippen LogP contribution < -0.4 is 9.80 Å². The Labute approximate surface area is 199 Å². The molecule has 2 aromatic rings. The molecule has 0 unspecified atom stereocenters. The Morgan fingerprint density at radius 3 is 2.42 bits per heavy atom. The fourth-order valence-corrected chi connectivity index (χ4v) is 5.23.